The quantitative estimate of drug-likeness (QED) is 0.835. The number of anilines is 1. The van der Waals surface area contributed by atoms with Crippen molar-refractivity contribution in [3.63, 3.8) is 0 Å². The van der Waals surface area contributed by atoms with Crippen molar-refractivity contribution in [2.24, 2.45) is 5.92 Å². The number of thioether (sulfide) groups is 1. The molecule has 0 saturated carbocycles. The molecule has 0 bridgehead atoms. The number of ketones is 1. The second kappa shape index (κ2) is 5.98. The third-order valence-corrected chi connectivity index (χ3v) is 5.09. The van der Waals surface area contributed by atoms with Crippen molar-refractivity contribution in [2.75, 3.05) is 11.1 Å². The van der Waals surface area contributed by atoms with E-state index in [0.29, 0.717) is 17.5 Å². The van der Waals surface area contributed by atoms with E-state index >= 15 is 0 Å². The highest BCUT2D eigenvalue weighted by molar-refractivity contribution is 7.99. The molecule has 2 heterocycles. The van der Waals surface area contributed by atoms with Crippen molar-refractivity contribution in [1.82, 2.24) is 14.8 Å². The second-order valence-electron chi connectivity index (χ2n) is 5.90. The van der Waals surface area contributed by atoms with Crippen LogP contribution >= 0.6 is 11.8 Å². The number of nitrogens with zero attached hydrogens (tertiary/aromatic N) is 3. The van der Waals surface area contributed by atoms with E-state index in [4.69, 9.17) is 0 Å². The number of hydrogen-bond donors (Lipinski definition) is 2. The number of phenols is 1. The molecule has 1 aliphatic heterocycles. The van der Waals surface area contributed by atoms with Crippen LogP contribution in [0, 0.1) is 5.92 Å². The summed E-state index contributed by atoms with van der Waals surface area (Å²) in [6.45, 7) is 2.05. The largest absolute Gasteiger partial charge is 0.508 e. The van der Waals surface area contributed by atoms with Gasteiger partial charge in [-0.05, 0) is 29.9 Å². The van der Waals surface area contributed by atoms with Gasteiger partial charge < -0.3 is 10.4 Å². The van der Waals surface area contributed by atoms with E-state index in [1.54, 1.807) is 34.6 Å². The van der Waals surface area contributed by atoms with Gasteiger partial charge in [0.1, 0.15) is 11.5 Å². The van der Waals surface area contributed by atoms with Gasteiger partial charge in [0.05, 0.1) is 12.0 Å². The molecule has 1 aromatic carbocycles. The average Bonchev–Trinajstić information content (AvgIpc) is 2.95. The fourth-order valence-electron chi connectivity index (χ4n) is 3.39. The number of phenolic OH excluding ortho intramolecular Hbond substituents is 1. The smallest absolute Gasteiger partial charge is 0.227 e. The highest BCUT2D eigenvalue weighted by Crippen LogP contribution is 2.42. The van der Waals surface area contributed by atoms with Crippen molar-refractivity contribution in [3.8, 4) is 5.75 Å². The lowest BCUT2D eigenvalue weighted by Gasteiger charge is -2.36. The predicted octanol–water partition coefficient (Wildman–Crippen LogP) is 2.97. The van der Waals surface area contributed by atoms with E-state index in [9.17, 15) is 9.90 Å². The fraction of sp³-hybridized carbons (Fsp3) is 0.353. The molecule has 7 heteroatoms. The Hall–Kier alpha value is -2.28. The van der Waals surface area contributed by atoms with Gasteiger partial charge in [-0.3, -0.25) is 4.79 Å². The van der Waals surface area contributed by atoms with Gasteiger partial charge in [-0.1, -0.05) is 36.9 Å². The van der Waals surface area contributed by atoms with Crippen LogP contribution in [0.5, 0.6) is 5.75 Å². The topological polar surface area (TPSA) is 80.0 Å². The number of Topliss-reactive ketones (excluding diaryl/α,β-unsaturated/α-hetero) is 1. The van der Waals surface area contributed by atoms with E-state index < -0.39 is 0 Å². The molecular weight excluding hydrogens is 324 g/mol. The van der Waals surface area contributed by atoms with Crippen LogP contribution in [-0.2, 0) is 4.79 Å². The summed E-state index contributed by atoms with van der Waals surface area (Å²) in [7, 11) is 0. The molecule has 4 rings (SSSR count). The molecule has 2 aromatic rings. The molecule has 0 amide bonds. The van der Waals surface area contributed by atoms with Crippen molar-refractivity contribution in [2.45, 2.75) is 31.0 Å². The number of aromatic nitrogens is 3. The van der Waals surface area contributed by atoms with Crippen LogP contribution < -0.4 is 5.32 Å². The molecule has 0 saturated heterocycles. The van der Waals surface area contributed by atoms with Gasteiger partial charge in [0.2, 0.25) is 11.1 Å². The lowest BCUT2D eigenvalue weighted by atomic mass is 9.81. The summed E-state index contributed by atoms with van der Waals surface area (Å²) in [5.41, 5.74) is 1.76. The number of rotatable bonds is 3. The van der Waals surface area contributed by atoms with E-state index in [2.05, 4.69) is 28.4 Å². The van der Waals surface area contributed by atoms with E-state index in [0.717, 1.165) is 23.4 Å². The number of carbonyl (C=O) groups excluding carboxylic acids is 1. The maximum Gasteiger partial charge on any atom is 0.227 e. The summed E-state index contributed by atoms with van der Waals surface area (Å²) >= 11 is 1.57. The number of fused-ring (bicyclic) bond motifs is 2. The molecule has 1 aliphatic carbocycles. The molecule has 2 atom stereocenters. The summed E-state index contributed by atoms with van der Waals surface area (Å²) in [6, 6.07) is 6.76. The SMILES string of the molecule is CCSc1nc2n(n1)[C@@H](c1cccc(O)c1)[C@@H]1C(=O)CCC=C1N2. The minimum absolute atomic E-state index is 0.185. The second-order valence-corrected chi connectivity index (χ2v) is 7.13. The average molecular weight is 342 g/mol. The normalized spacial score (nSPS) is 22.4. The van der Waals surface area contributed by atoms with Crippen LogP contribution in [0.15, 0.2) is 41.2 Å². The number of carbonyl (C=O) groups is 1. The van der Waals surface area contributed by atoms with Gasteiger partial charge in [0.25, 0.3) is 0 Å². The van der Waals surface area contributed by atoms with Crippen LogP contribution in [0.1, 0.15) is 31.4 Å². The standard InChI is InChI=1S/C17H18N4O2S/c1-2-24-17-19-16-18-12-7-4-8-13(23)14(12)15(21(16)20-17)10-5-3-6-11(22)9-10/h3,5-7,9,14-15,22H,2,4,8H2,1H3,(H,18,19,20)/t14-,15-/m0/s1. The third kappa shape index (κ3) is 2.49. The van der Waals surface area contributed by atoms with Crippen LogP contribution in [0.2, 0.25) is 0 Å². The minimum Gasteiger partial charge on any atom is -0.508 e. The molecule has 6 nitrogen and oxygen atoms in total. The molecule has 2 N–H and O–H groups in total. The highest BCUT2D eigenvalue weighted by Gasteiger charge is 2.41. The van der Waals surface area contributed by atoms with Gasteiger partial charge in [-0.25, -0.2) is 4.68 Å². The number of hydrogen-bond acceptors (Lipinski definition) is 6. The summed E-state index contributed by atoms with van der Waals surface area (Å²) in [5.74, 6) is 1.60. The Morgan fingerprint density at radius 2 is 2.33 bits per heavy atom. The lowest BCUT2D eigenvalue weighted by Crippen LogP contribution is -2.38. The molecular formula is C17H18N4O2S. The molecule has 0 spiro atoms. The first-order valence-electron chi connectivity index (χ1n) is 8.05. The molecule has 124 valence electrons. The van der Waals surface area contributed by atoms with Crippen molar-refractivity contribution >= 4 is 23.5 Å². The van der Waals surface area contributed by atoms with Gasteiger partial charge in [0, 0.05) is 12.1 Å². The van der Waals surface area contributed by atoms with Crippen LogP contribution in [0.3, 0.4) is 0 Å². The Bertz CT molecular complexity index is 830. The zero-order chi connectivity index (χ0) is 16.7. The van der Waals surface area contributed by atoms with E-state index in [1.165, 1.54) is 0 Å². The Morgan fingerprint density at radius 1 is 1.46 bits per heavy atom. The van der Waals surface area contributed by atoms with Gasteiger partial charge in [-0.15, -0.1) is 5.10 Å². The van der Waals surface area contributed by atoms with E-state index in [1.807, 2.05) is 6.07 Å². The zero-order valence-electron chi connectivity index (χ0n) is 13.3. The Labute approximate surface area is 144 Å². The maximum atomic E-state index is 12.6. The number of allylic oxidation sites excluding steroid dienone is 2. The summed E-state index contributed by atoms with van der Waals surface area (Å²) in [6.07, 6.45) is 3.35. The van der Waals surface area contributed by atoms with Crippen molar-refractivity contribution in [1.29, 1.82) is 0 Å². The van der Waals surface area contributed by atoms with Gasteiger partial charge >= 0.3 is 0 Å². The molecule has 2 aliphatic rings. The van der Waals surface area contributed by atoms with Gasteiger partial charge in [0.15, 0.2) is 0 Å². The van der Waals surface area contributed by atoms with Crippen LogP contribution in [0.25, 0.3) is 0 Å². The minimum atomic E-state index is -0.311. The molecule has 0 fully saturated rings. The first-order valence-corrected chi connectivity index (χ1v) is 9.04. The first-order chi connectivity index (χ1) is 11.7. The van der Waals surface area contributed by atoms with Crippen molar-refractivity contribution in [3.05, 3.63) is 41.6 Å². The predicted molar refractivity (Wildman–Crippen MR) is 92.1 cm³/mol. The van der Waals surface area contributed by atoms with Crippen LogP contribution in [0.4, 0.5) is 5.95 Å². The fourth-order valence-corrected chi connectivity index (χ4v) is 3.94. The lowest BCUT2D eigenvalue weighted by molar-refractivity contribution is -0.123. The first kappa shape index (κ1) is 15.3. The zero-order valence-corrected chi connectivity index (χ0v) is 14.1. The monoisotopic (exact) mass is 342 g/mol. The Balaban J connectivity index is 1.88. The third-order valence-electron chi connectivity index (χ3n) is 4.37. The molecule has 0 unspecified atom stereocenters. The summed E-state index contributed by atoms with van der Waals surface area (Å²) in [4.78, 5) is 17.2. The number of nitrogens with one attached hydrogen (secondary N) is 1. The number of benzene rings is 1. The molecule has 24 heavy (non-hydrogen) atoms. The van der Waals surface area contributed by atoms with Crippen molar-refractivity contribution < 1.29 is 9.90 Å². The Kier molecular flexibility index (Phi) is 3.80. The molecule has 1 aromatic heterocycles. The van der Waals surface area contributed by atoms with Crippen LogP contribution in [-0.4, -0.2) is 31.4 Å². The maximum absolute atomic E-state index is 12.6. The Morgan fingerprint density at radius 3 is 3.12 bits per heavy atom. The summed E-state index contributed by atoms with van der Waals surface area (Å²) in [5, 5.41) is 18.4. The highest BCUT2D eigenvalue weighted by atomic mass is 32.2. The molecule has 0 radical (unpaired) electrons. The number of aromatic hydroxyl groups is 1. The summed E-state index contributed by atoms with van der Waals surface area (Å²) < 4.78 is 1.79. The van der Waals surface area contributed by atoms with Gasteiger partial charge in [-0.2, -0.15) is 4.98 Å². The van der Waals surface area contributed by atoms with E-state index in [-0.39, 0.29) is 23.5 Å².